The lowest BCUT2D eigenvalue weighted by atomic mass is 10.2. The molecule has 1 amide bonds. The van der Waals surface area contributed by atoms with Gasteiger partial charge in [0, 0.05) is 20.6 Å². The first kappa shape index (κ1) is 21.4. The Labute approximate surface area is 181 Å². The summed E-state index contributed by atoms with van der Waals surface area (Å²) in [4.78, 5) is 11.9. The number of carbonyl (C=O) groups is 1. The predicted molar refractivity (Wildman–Crippen MR) is 113 cm³/mol. The molecule has 150 valence electrons. The van der Waals surface area contributed by atoms with E-state index in [9.17, 15) is 17.6 Å². The van der Waals surface area contributed by atoms with Crippen molar-refractivity contribution in [2.24, 2.45) is 0 Å². The van der Waals surface area contributed by atoms with Crippen LogP contribution >= 0.6 is 34.8 Å². The van der Waals surface area contributed by atoms with Crippen molar-refractivity contribution in [1.82, 2.24) is 0 Å². The third-order valence-electron chi connectivity index (χ3n) is 3.70. The van der Waals surface area contributed by atoms with Crippen LogP contribution in [0.2, 0.25) is 15.1 Å². The Hall–Kier alpha value is -2.32. The summed E-state index contributed by atoms with van der Waals surface area (Å²) < 4.78 is 41.7. The van der Waals surface area contributed by atoms with Crippen LogP contribution in [0.25, 0.3) is 0 Å². The van der Waals surface area contributed by atoms with Crippen LogP contribution in [0.5, 0.6) is 0 Å². The number of hydrogen-bond donors (Lipinski definition) is 2. The third-order valence-corrected chi connectivity index (χ3v) is 5.75. The monoisotopic (exact) mass is 472 g/mol. The van der Waals surface area contributed by atoms with E-state index in [-0.39, 0.29) is 31.9 Å². The zero-order valence-corrected chi connectivity index (χ0v) is 17.5. The fourth-order valence-corrected chi connectivity index (χ4v) is 4.18. The molecule has 0 aromatic heterocycles. The molecular weight excluding hydrogens is 462 g/mol. The van der Waals surface area contributed by atoms with Gasteiger partial charge < -0.3 is 5.32 Å². The Morgan fingerprint density at radius 2 is 1.55 bits per heavy atom. The molecule has 3 aromatic carbocycles. The summed E-state index contributed by atoms with van der Waals surface area (Å²) >= 11 is 17.5. The highest BCUT2D eigenvalue weighted by molar-refractivity contribution is 7.92. The largest absolute Gasteiger partial charge is 0.319 e. The van der Waals surface area contributed by atoms with E-state index in [1.54, 1.807) is 12.1 Å². The first-order valence-electron chi connectivity index (χ1n) is 7.99. The highest BCUT2D eigenvalue weighted by Gasteiger charge is 2.18. The van der Waals surface area contributed by atoms with Crippen molar-refractivity contribution in [2.75, 3.05) is 10.0 Å². The number of benzene rings is 3. The van der Waals surface area contributed by atoms with Gasteiger partial charge >= 0.3 is 0 Å². The molecule has 0 unspecified atom stereocenters. The maximum atomic E-state index is 14.4. The Morgan fingerprint density at radius 1 is 0.862 bits per heavy atom. The van der Waals surface area contributed by atoms with Crippen LogP contribution in [0.3, 0.4) is 0 Å². The van der Waals surface area contributed by atoms with Gasteiger partial charge in [0.25, 0.3) is 15.9 Å². The summed E-state index contributed by atoms with van der Waals surface area (Å²) in [5.74, 6) is -1.51. The van der Waals surface area contributed by atoms with Crippen molar-refractivity contribution in [2.45, 2.75) is 4.90 Å². The summed E-state index contributed by atoms with van der Waals surface area (Å²) in [7, 11) is -4.11. The van der Waals surface area contributed by atoms with Crippen molar-refractivity contribution >= 4 is 62.1 Å². The van der Waals surface area contributed by atoms with E-state index >= 15 is 0 Å². The number of anilines is 2. The van der Waals surface area contributed by atoms with E-state index < -0.39 is 21.7 Å². The van der Waals surface area contributed by atoms with Crippen molar-refractivity contribution < 1.29 is 17.6 Å². The fourth-order valence-electron chi connectivity index (χ4n) is 2.42. The molecule has 2 N–H and O–H groups in total. The summed E-state index contributed by atoms with van der Waals surface area (Å²) in [6.45, 7) is 0. The van der Waals surface area contributed by atoms with Gasteiger partial charge in [0.05, 0.1) is 16.3 Å². The molecule has 0 bridgehead atoms. The summed E-state index contributed by atoms with van der Waals surface area (Å²) in [6.07, 6.45) is 0. The van der Waals surface area contributed by atoms with E-state index in [4.69, 9.17) is 34.8 Å². The Morgan fingerprint density at radius 3 is 2.17 bits per heavy atom. The van der Waals surface area contributed by atoms with Crippen LogP contribution in [0.1, 0.15) is 10.4 Å². The normalized spacial score (nSPS) is 11.2. The zero-order chi connectivity index (χ0) is 21.2. The van der Waals surface area contributed by atoms with Crippen molar-refractivity contribution in [1.29, 1.82) is 0 Å². The number of hydrogen-bond acceptors (Lipinski definition) is 3. The van der Waals surface area contributed by atoms with Gasteiger partial charge in [-0.25, -0.2) is 12.8 Å². The third kappa shape index (κ3) is 5.39. The molecule has 3 rings (SSSR count). The SMILES string of the molecule is O=C(Nc1ccc(S(=O)(=O)Nc2cc(Cl)cc(Cl)c2)cc1F)c1cccc(Cl)c1. The van der Waals surface area contributed by atoms with Gasteiger partial charge in [-0.1, -0.05) is 40.9 Å². The van der Waals surface area contributed by atoms with Gasteiger partial charge in [0.2, 0.25) is 0 Å². The highest BCUT2D eigenvalue weighted by Crippen LogP contribution is 2.26. The van der Waals surface area contributed by atoms with Gasteiger partial charge in [0.15, 0.2) is 0 Å². The number of carbonyl (C=O) groups excluding carboxylic acids is 1. The Kier molecular flexibility index (Phi) is 6.33. The lowest BCUT2D eigenvalue weighted by Crippen LogP contribution is -2.15. The van der Waals surface area contributed by atoms with E-state index in [0.29, 0.717) is 5.02 Å². The minimum absolute atomic E-state index is 0.126. The molecule has 0 radical (unpaired) electrons. The van der Waals surface area contributed by atoms with Gasteiger partial charge in [0.1, 0.15) is 5.82 Å². The van der Waals surface area contributed by atoms with E-state index in [1.165, 1.54) is 30.3 Å². The molecule has 0 spiro atoms. The molecule has 0 saturated carbocycles. The first-order valence-corrected chi connectivity index (χ1v) is 10.6. The minimum Gasteiger partial charge on any atom is -0.319 e. The van der Waals surface area contributed by atoms with Crippen LogP contribution in [-0.2, 0) is 10.0 Å². The first-order chi connectivity index (χ1) is 13.6. The molecule has 0 saturated heterocycles. The van der Waals surface area contributed by atoms with Crippen LogP contribution in [0.4, 0.5) is 15.8 Å². The smallest absolute Gasteiger partial charge is 0.261 e. The molecule has 10 heteroatoms. The van der Waals surface area contributed by atoms with Gasteiger partial charge in [-0.2, -0.15) is 0 Å². The molecule has 5 nitrogen and oxygen atoms in total. The van der Waals surface area contributed by atoms with Crippen LogP contribution < -0.4 is 10.0 Å². The number of sulfonamides is 1. The molecule has 0 atom stereocenters. The van der Waals surface area contributed by atoms with Gasteiger partial charge in [-0.3, -0.25) is 9.52 Å². The Balaban J connectivity index is 1.82. The average molecular weight is 474 g/mol. The van der Waals surface area contributed by atoms with Gasteiger partial charge in [-0.15, -0.1) is 0 Å². The van der Waals surface area contributed by atoms with Crippen LogP contribution in [0, 0.1) is 5.82 Å². The summed E-state index contributed by atoms with van der Waals surface area (Å²) in [5.41, 5.74) is 0.175. The maximum absolute atomic E-state index is 14.4. The highest BCUT2D eigenvalue weighted by atomic mass is 35.5. The number of nitrogens with one attached hydrogen (secondary N) is 2. The van der Waals surface area contributed by atoms with E-state index in [0.717, 1.165) is 18.2 Å². The number of amides is 1. The molecule has 0 heterocycles. The summed E-state index contributed by atoms with van der Waals surface area (Å²) in [5, 5.41) is 3.20. The standard InChI is InChI=1S/C19H12Cl3FN2O3S/c20-12-3-1-2-11(6-12)19(26)24-18-5-4-16(10-17(18)23)29(27,28)25-15-8-13(21)7-14(22)9-15/h1-10,25H,(H,24,26). The van der Waals surface area contributed by atoms with Crippen molar-refractivity contribution in [3.8, 4) is 0 Å². The van der Waals surface area contributed by atoms with Crippen LogP contribution in [-0.4, -0.2) is 14.3 Å². The minimum atomic E-state index is -4.11. The topological polar surface area (TPSA) is 75.3 Å². The molecule has 0 fully saturated rings. The average Bonchev–Trinajstić information content (AvgIpc) is 2.62. The number of rotatable bonds is 5. The Bertz CT molecular complexity index is 1180. The lowest BCUT2D eigenvalue weighted by Gasteiger charge is -2.11. The molecule has 29 heavy (non-hydrogen) atoms. The predicted octanol–water partition coefficient (Wildman–Crippen LogP) is 5.84. The number of halogens is 4. The van der Waals surface area contributed by atoms with Crippen molar-refractivity contribution in [3.63, 3.8) is 0 Å². The van der Waals surface area contributed by atoms with Gasteiger partial charge in [-0.05, 0) is 54.6 Å². The zero-order valence-electron chi connectivity index (χ0n) is 14.4. The maximum Gasteiger partial charge on any atom is 0.261 e. The molecule has 0 aliphatic rings. The van der Waals surface area contributed by atoms with Crippen molar-refractivity contribution in [3.05, 3.63) is 87.1 Å². The second kappa shape index (κ2) is 8.59. The quantitative estimate of drug-likeness (QED) is 0.489. The fraction of sp³-hybridized carbons (Fsp3) is 0. The van der Waals surface area contributed by atoms with E-state index in [2.05, 4.69) is 10.0 Å². The molecule has 3 aromatic rings. The van der Waals surface area contributed by atoms with E-state index in [1.807, 2.05) is 0 Å². The second-order valence-electron chi connectivity index (χ2n) is 5.87. The molecule has 0 aliphatic heterocycles. The summed E-state index contributed by atoms with van der Waals surface area (Å²) in [6, 6.07) is 13.4. The molecular formula is C19H12Cl3FN2O3S. The molecule has 0 aliphatic carbocycles. The second-order valence-corrected chi connectivity index (χ2v) is 8.86. The van der Waals surface area contributed by atoms with Crippen LogP contribution in [0.15, 0.2) is 65.6 Å². The lowest BCUT2D eigenvalue weighted by molar-refractivity contribution is 0.102.